The standard InChI is InChI=1S/C22H28N6O6/c1-14-5-7-15(8-6-14)12-27-20(24-16-11-17(19(30)34-4)25(2)13-16)28(23)22(32)26(21(27)31)10-9-18(29)33-3/h5-8,11,13,20,24H,9-10,12,23H2,1-4H3. The van der Waals surface area contributed by atoms with Gasteiger partial charge in [0, 0.05) is 19.8 Å². The van der Waals surface area contributed by atoms with Crippen LogP contribution in [0.2, 0.25) is 0 Å². The number of amides is 4. The third-order valence-electron chi connectivity index (χ3n) is 5.42. The van der Waals surface area contributed by atoms with E-state index in [1.165, 1.54) is 25.2 Å². The summed E-state index contributed by atoms with van der Waals surface area (Å²) in [6, 6.07) is 7.68. The van der Waals surface area contributed by atoms with Gasteiger partial charge in [-0.1, -0.05) is 29.8 Å². The molecule has 2 aromatic rings. The second kappa shape index (κ2) is 10.3. The lowest BCUT2D eigenvalue weighted by molar-refractivity contribution is -0.140. The van der Waals surface area contributed by atoms with Crippen molar-refractivity contribution in [3.63, 3.8) is 0 Å². The van der Waals surface area contributed by atoms with Crippen LogP contribution < -0.4 is 11.2 Å². The second-order valence-corrected chi connectivity index (χ2v) is 7.80. The molecule has 2 heterocycles. The first-order chi connectivity index (χ1) is 16.2. The van der Waals surface area contributed by atoms with Gasteiger partial charge in [-0.2, -0.15) is 0 Å². The van der Waals surface area contributed by atoms with Crippen LogP contribution in [-0.2, 0) is 27.9 Å². The van der Waals surface area contributed by atoms with Crippen molar-refractivity contribution in [3.05, 3.63) is 53.3 Å². The zero-order chi connectivity index (χ0) is 25.0. The topological polar surface area (TPSA) is 139 Å². The van der Waals surface area contributed by atoms with Gasteiger partial charge >= 0.3 is 24.0 Å². The number of ether oxygens (including phenoxy) is 2. The first-order valence-electron chi connectivity index (χ1n) is 10.5. The highest BCUT2D eigenvalue weighted by Crippen LogP contribution is 2.23. The highest BCUT2D eigenvalue weighted by atomic mass is 16.5. The molecule has 0 saturated carbocycles. The van der Waals surface area contributed by atoms with E-state index in [1.807, 2.05) is 31.2 Å². The van der Waals surface area contributed by atoms with Crippen molar-refractivity contribution in [1.82, 2.24) is 19.4 Å². The molecule has 182 valence electrons. The van der Waals surface area contributed by atoms with E-state index in [4.69, 9.17) is 10.6 Å². The predicted molar refractivity (Wildman–Crippen MR) is 121 cm³/mol. The lowest BCUT2D eigenvalue weighted by atomic mass is 10.1. The summed E-state index contributed by atoms with van der Waals surface area (Å²) in [6.07, 6.45) is 0.380. The van der Waals surface area contributed by atoms with Crippen LogP contribution in [-0.4, -0.2) is 70.4 Å². The van der Waals surface area contributed by atoms with Crippen LogP contribution in [0, 0.1) is 6.92 Å². The number of anilines is 1. The fourth-order valence-corrected chi connectivity index (χ4v) is 3.52. The summed E-state index contributed by atoms with van der Waals surface area (Å²) in [6.45, 7) is 1.89. The number of hydrogen-bond donors (Lipinski definition) is 2. The Morgan fingerprint density at radius 2 is 1.76 bits per heavy atom. The quantitative estimate of drug-likeness (QED) is 0.336. The van der Waals surface area contributed by atoms with Gasteiger partial charge in [-0.05, 0) is 18.6 Å². The minimum Gasteiger partial charge on any atom is -0.469 e. The van der Waals surface area contributed by atoms with Gasteiger partial charge in [0.2, 0.25) is 6.29 Å². The Kier molecular flexibility index (Phi) is 7.41. The maximum absolute atomic E-state index is 13.4. The van der Waals surface area contributed by atoms with E-state index >= 15 is 0 Å². The number of rotatable bonds is 8. The van der Waals surface area contributed by atoms with Gasteiger partial charge in [0.25, 0.3) is 0 Å². The number of esters is 2. The third kappa shape index (κ3) is 5.12. The number of urea groups is 2. The predicted octanol–water partition coefficient (Wildman–Crippen LogP) is 1.61. The number of nitrogens with one attached hydrogen (secondary N) is 1. The van der Waals surface area contributed by atoms with Crippen LogP contribution >= 0.6 is 0 Å². The van der Waals surface area contributed by atoms with Crippen molar-refractivity contribution in [1.29, 1.82) is 0 Å². The van der Waals surface area contributed by atoms with Gasteiger partial charge in [0.05, 0.1) is 32.9 Å². The number of aryl methyl sites for hydroxylation is 2. The Hall–Kier alpha value is -4.06. The SMILES string of the molecule is COC(=O)CCN1C(=O)N(N)C(Nc2cc(C(=O)OC)n(C)c2)N(Cc2ccc(C)cc2)C1=O. The Morgan fingerprint density at radius 1 is 1.09 bits per heavy atom. The number of hydrogen-bond acceptors (Lipinski definition) is 8. The van der Waals surface area contributed by atoms with Crippen LogP contribution in [0.25, 0.3) is 0 Å². The van der Waals surface area contributed by atoms with Crippen molar-refractivity contribution < 1.29 is 28.7 Å². The molecule has 1 aliphatic heterocycles. The van der Waals surface area contributed by atoms with Gasteiger partial charge < -0.3 is 19.4 Å². The summed E-state index contributed by atoms with van der Waals surface area (Å²) >= 11 is 0. The fraction of sp³-hybridized carbons (Fsp3) is 0.364. The molecule has 12 heteroatoms. The summed E-state index contributed by atoms with van der Waals surface area (Å²) < 4.78 is 10.9. The molecule has 0 bridgehead atoms. The van der Waals surface area contributed by atoms with Crippen LogP contribution in [0.4, 0.5) is 15.3 Å². The summed E-state index contributed by atoms with van der Waals surface area (Å²) in [5, 5.41) is 3.92. The molecule has 4 amide bonds. The van der Waals surface area contributed by atoms with Gasteiger partial charge in [-0.15, -0.1) is 0 Å². The lowest BCUT2D eigenvalue weighted by Crippen LogP contribution is -2.70. The van der Waals surface area contributed by atoms with E-state index < -0.39 is 30.3 Å². The van der Waals surface area contributed by atoms with Crippen LogP contribution in [0.3, 0.4) is 0 Å². The zero-order valence-corrected chi connectivity index (χ0v) is 19.5. The van der Waals surface area contributed by atoms with E-state index in [0.29, 0.717) is 5.69 Å². The summed E-state index contributed by atoms with van der Waals surface area (Å²) in [7, 11) is 4.16. The number of carbonyl (C=O) groups excluding carboxylic acids is 4. The van der Waals surface area contributed by atoms with E-state index in [-0.39, 0.29) is 25.2 Å². The van der Waals surface area contributed by atoms with Crippen molar-refractivity contribution >= 4 is 29.7 Å². The average molecular weight is 473 g/mol. The Labute approximate surface area is 196 Å². The third-order valence-corrected chi connectivity index (χ3v) is 5.42. The molecule has 0 spiro atoms. The number of benzene rings is 1. The van der Waals surface area contributed by atoms with Crippen molar-refractivity contribution in [2.75, 3.05) is 26.1 Å². The van der Waals surface area contributed by atoms with Crippen LogP contribution in [0.1, 0.15) is 28.0 Å². The molecule has 12 nitrogen and oxygen atoms in total. The number of nitrogens with two attached hydrogens (primary N) is 1. The largest absolute Gasteiger partial charge is 0.469 e. The van der Waals surface area contributed by atoms with Gasteiger partial charge in [-0.3, -0.25) is 9.69 Å². The van der Waals surface area contributed by atoms with E-state index in [1.54, 1.807) is 17.8 Å². The molecule has 3 rings (SSSR count). The van der Waals surface area contributed by atoms with E-state index in [0.717, 1.165) is 21.0 Å². The minimum atomic E-state index is -1.07. The number of methoxy groups -OCH3 is 2. The number of carbonyl (C=O) groups is 4. The second-order valence-electron chi connectivity index (χ2n) is 7.80. The molecular weight excluding hydrogens is 444 g/mol. The van der Waals surface area contributed by atoms with E-state index in [9.17, 15) is 19.2 Å². The Morgan fingerprint density at radius 3 is 2.38 bits per heavy atom. The number of aromatic nitrogens is 1. The molecule has 1 atom stereocenters. The van der Waals surface area contributed by atoms with Crippen molar-refractivity contribution in [2.24, 2.45) is 12.9 Å². The highest BCUT2D eigenvalue weighted by Gasteiger charge is 2.43. The number of nitrogens with zero attached hydrogens (tertiary/aromatic N) is 4. The molecular formula is C22H28N6O6. The molecule has 34 heavy (non-hydrogen) atoms. The van der Waals surface area contributed by atoms with Gasteiger partial charge in [-0.25, -0.2) is 30.1 Å². The number of imide groups is 1. The van der Waals surface area contributed by atoms with Crippen LogP contribution in [0.5, 0.6) is 0 Å². The first-order valence-corrected chi connectivity index (χ1v) is 10.5. The van der Waals surface area contributed by atoms with Gasteiger partial charge in [0.1, 0.15) is 5.69 Å². The highest BCUT2D eigenvalue weighted by molar-refractivity contribution is 5.96. The normalized spacial score (nSPS) is 16.0. The molecule has 1 unspecified atom stereocenters. The molecule has 1 saturated heterocycles. The monoisotopic (exact) mass is 472 g/mol. The molecule has 1 aromatic heterocycles. The molecule has 0 aliphatic carbocycles. The lowest BCUT2D eigenvalue weighted by Gasteiger charge is -2.45. The van der Waals surface area contributed by atoms with E-state index in [2.05, 4.69) is 10.1 Å². The summed E-state index contributed by atoms with van der Waals surface area (Å²) in [5.74, 6) is 5.03. The molecule has 1 aliphatic rings. The maximum atomic E-state index is 13.4. The minimum absolute atomic E-state index is 0.128. The molecule has 3 N–H and O–H groups in total. The number of hydrazine groups is 1. The van der Waals surface area contributed by atoms with Gasteiger partial charge in [0.15, 0.2) is 0 Å². The van der Waals surface area contributed by atoms with Crippen LogP contribution in [0.15, 0.2) is 36.5 Å². The Balaban J connectivity index is 1.92. The molecule has 0 radical (unpaired) electrons. The summed E-state index contributed by atoms with van der Waals surface area (Å²) in [4.78, 5) is 52.1. The van der Waals surface area contributed by atoms with Crippen molar-refractivity contribution in [2.45, 2.75) is 26.2 Å². The smallest absolute Gasteiger partial charge is 0.354 e. The Bertz CT molecular complexity index is 1080. The first kappa shape index (κ1) is 24.6. The fourth-order valence-electron chi connectivity index (χ4n) is 3.52. The summed E-state index contributed by atoms with van der Waals surface area (Å²) in [5.41, 5.74) is 2.58. The average Bonchev–Trinajstić information content (AvgIpc) is 3.20. The zero-order valence-electron chi connectivity index (χ0n) is 19.5. The van der Waals surface area contributed by atoms with Crippen molar-refractivity contribution in [3.8, 4) is 0 Å². The molecule has 1 fully saturated rings. The molecule has 1 aromatic carbocycles. The maximum Gasteiger partial charge on any atom is 0.354 e.